The SMILES string of the molecule is COCCCC(NC(=O)c1cc(Br)sc1Br)C(=O)O. The van der Waals surface area contributed by atoms with Gasteiger partial charge in [-0.2, -0.15) is 0 Å². The van der Waals surface area contributed by atoms with Crippen molar-refractivity contribution in [1.82, 2.24) is 5.32 Å². The molecule has 0 saturated heterocycles. The van der Waals surface area contributed by atoms with Gasteiger partial charge < -0.3 is 15.2 Å². The van der Waals surface area contributed by atoms with E-state index < -0.39 is 17.9 Å². The van der Waals surface area contributed by atoms with Crippen LogP contribution in [0.1, 0.15) is 23.2 Å². The van der Waals surface area contributed by atoms with Crippen molar-refractivity contribution < 1.29 is 19.4 Å². The van der Waals surface area contributed by atoms with Gasteiger partial charge in [-0.3, -0.25) is 4.79 Å². The maximum Gasteiger partial charge on any atom is 0.326 e. The van der Waals surface area contributed by atoms with E-state index in [1.807, 2.05) is 0 Å². The fraction of sp³-hybridized carbons (Fsp3) is 0.455. The average Bonchev–Trinajstić information content (AvgIpc) is 2.67. The summed E-state index contributed by atoms with van der Waals surface area (Å²) in [5, 5.41) is 11.6. The Hall–Kier alpha value is -0.440. The number of hydrogen-bond donors (Lipinski definition) is 2. The number of amides is 1. The molecule has 19 heavy (non-hydrogen) atoms. The van der Waals surface area contributed by atoms with E-state index in [0.717, 1.165) is 3.79 Å². The molecule has 5 nitrogen and oxygen atoms in total. The fourth-order valence-electron chi connectivity index (χ4n) is 1.42. The van der Waals surface area contributed by atoms with Gasteiger partial charge in [-0.05, 0) is 50.8 Å². The summed E-state index contributed by atoms with van der Waals surface area (Å²) in [5.41, 5.74) is 0.426. The molecule has 0 aliphatic heterocycles. The zero-order valence-electron chi connectivity index (χ0n) is 10.1. The summed E-state index contributed by atoms with van der Waals surface area (Å²) in [6, 6.07) is 0.742. The highest BCUT2D eigenvalue weighted by atomic mass is 79.9. The van der Waals surface area contributed by atoms with Crippen molar-refractivity contribution in [3.63, 3.8) is 0 Å². The Bertz CT molecular complexity index is 464. The van der Waals surface area contributed by atoms with Crippen LogP contribution >= 0.6 is 43.2 Å². The number of hydrogen-bond acceptors (Lipinski definition) is 4. The Morgan fingerprint density at radius 2 is 2.21 bits per heavy atom. The van der Waals surface area contributed by atoms with Crippen molar-refractivity contribution >= 4 is 55.1 Å². The summed E-state index contributed by atoms with van der Waals surface area (Å²) < 4.78 is 6.33. The van der Waals surface area contributed by atoms with E-state index in [-0.39, 0.29) is 0 Å². The van der Waals surface area contributed by atoms with Crippen molar-refractivity contribution in [2.45, 2.75) is 18.9 Å². The second-order valence-electron chi connectivity index (χ2n) is 3.74. The Morgan fingerprint density at radius 1 is 1.53 bits per heavy atom. The molecule has 106 valence electrons. The molecule has 0 spiro atoms. The highest BCUT2D eigenvalue weighted by Gasteiger charge is 2.22. The summed E-state index contributed by atoms with van der Waals surface area (Å²) in [6.07, 6.45) is 0.903. The van der Waals surface area contributed by atoms with E-state index in [1.165, 1.54) is 11.3 Å². The number of methoxy groups -OCH3 is 1. The van der Waals surface area contributed by atoms with Crippen molar-refractivity contribution in [2.75, 3.05) is 13.7 Å². The minimum absolute atomic E-state index is 0.331. The second-order valence-corrected chi connectivity index (χ2v) is 7.49. The van der Waals surface area contributed by atoms with Gasteiger partial charge in [-0.1, -0.05) is 0 Å². The summed E-state index contributed by atoms with van der Waals surface area (Å²) in [7, 11) is 1.55. The van der Waals surface area contributed by atoms with E-state index in [0.29, 0.717) is 28.8 Å². The molecule has 1 atom stereocenters. The first-order chi connectivity index (χ1) is 8.95. The zero-order valence-corrected chi connectivity index (χ0v) is 14.1. The molecular formula is C11H13Br2NO4S. The number of halogens is 2. The molecule has 0 aliphatic rings. The molecule has 1 heterocycles. The Morgan fingerprint density at radius 3 is 2.68 bits per heavy atom. The maximum atomic E-state index is 12.0. The molecule has 0 bridgehead atoms. The molecule has 2 N–H and O–H groups in total. The van der Waals surface area contributed by atoms with Crippen molar-refractivity contribution in [3.8, 4) is 0 Å². The van der Waals surface area contributed by atoms with Crippen LogP contribution < -0.4 is 5.32 Å². The van der Waals surface area contributed by atoms with Gasteiger partial charge in [0, 0.05) is 13.7 Å². The van der Waals surface area contributed by atoms with Crippen LogP contribution in [0.15, 0.2) is 13.6 Å². The third-order valence-electron chi connectivity index (χ3n) is 2.35. The third-order valence-corrected chi connectivity index (χ3v) is 4.69. The lowest BCUT2D eigenvalue weighted by Gasteiger charge is -2.13. The van der Waals surface area contributed by atoms with Gasteiger partial charge in [-0.25, -0.2) is 4.79 Å². The quantitative estimate of drug-likeness (QED) is 0.672. The van der Waals surface area contributed by atoms with Gasteiger partial charge in [0.15, 0.2) is 0 Å². The number of thiophene rings is 1. The average molecular weight is 415 g/mol. The van der Waals surface area contributed by atoms with E-state index in [1.54, 1.807) is 13.2 Å². The van der Waals surface area contributed by atoms with Crippen LogP contribution in [-0.2, 0) is 9.53 Å². The van der Waals surface area contributed by atoms with Crippen molar-refractivity contribution in [1.29, 1.82) is 0 Å². The van der Waals surface area contributed by atoms with E-state index in [4.69, 9.17) is 9.84 Å². The summed E-state index contributed by atoms with van der Waals surface area (Å²) in [5.74, 6) is -1.45. The molecule has 0 aliphatic carbocycles. The van der Waals surface area contributed by atoms with Gasteiger partial charge in [-0.15, -0.1) is 11.3 Å². The molecule has 1 aromatic heterocycles. The number of aliphatic carboxylic acids is 1. The van der Waals surface area contributed by atoms with Crippen molar-refractivity contribution in [3.05, 3.63) is 19.2 Å². The Balaban J connectivity index is 2.66. The first-order valence-electron chi connectivity index (χ1n) is 5.43. The molecule has 0 saturated carbocycles. The van der Waals surface area contributed by atoms with Crippen LogP contribution in [0.4, 0.5) is 0 Å². The number of carbonyl (C=O) groups is 2. The molecule has 1 aromatic rings. The molecular weight excluding hydrogens is 402 g/mol. The lowest BCUT2D eigenvalue weighted by Crippen LogP contribution is -2.40. The minimum atomic E-state index is -1.05. The van der Waals surface area contributed by atoms with Gasteiger partial charge in [0.05, 0.1) is 13.1 Å². The predicted molar refractivity (Wildman–Crippen MR) is 79.7 cm³/mol. The number of nitrogens with one attached hydrogen (secondary N) is 1. The molecule has 0 aromatic carbocycles. The van der Waals surface area contributed by atoms with Crippen LogP contribution in [0.25, 0.3) is 0 Å². The Kier molecular flexibility index (Phi) is 6.98. The molecule has 8 heteroatoms. The van der Waals surface area contributed by atoms with Crippen molar-refractivity contribution in [2.24, 2.45) is 0 Å². The summed E-state index contributed by atoms with van der Waals surface area (Å²) >= 11 is 7.90. The number of carboxylic acids is 1. The van der Waals surface area contributed by atoms with E-state index in [9.17, 15) is 9.59 Å². The molecule has 1 amide bonds. The van der Waals surface area contributed by atoms with Gasteiger partial charge in [0.1, 0.15) is 6.04 Å². The van der Waals surface area contributed by atoms with Crippen LogP contribution in [0.2, 0.25) is 0 Å². The van der Waals surface area contributed by atoms with Crippen LogP contribution in [-0.4, -0.2) is 36.7 Å². The molecule has 1 rings (SSSR count). The Labute approximate surface area is 131 Å². The minimum Gasteiger partial charge on any atom is -0.480 e. The summed E-state index contributed by atoms with van der Waals surface area (Å²) in [4.78, 5) is 23.1. The monoisotopic (exact) mass is 413 g/mol. The molecule has 1 unspecified atom stereocenters. The zero-order chi connectivity index (χ0) is 14.4. The van der Waals surface area contributed by atoms with Gasteiger partial charge in [0.25, 0.3) is 5.91 Å². The normalized spacial score (nSPS) is 12.2. The predicted octanol–water partition coefficient (Wildman–Crippen LogP) is 2.88. The highest BCUT2D eigenvalue weighted by Crippen LogP contribution is 2.31. The van der Waals surface area contributed by atoms with E-state index >= 15 is 0 Å². The topological polar surface area (TPSA) is 75.6 Å². The highest BCUT2D eigenvalue weighted by molar-refractivity contribution is 9.12. The van der Waals surface area contributed by atoms with Crippen LogP contribution in [0, 0.1) is 0 Å². The molecule has 0 radical (unpaired) electrons. The maximum absolute atomic E-state index is 12.0. The van der Waals surface area contributed by atoms with Crippen LogP contribution in [0.5, 0.6) is 0 Å². The van der Waals surface area contributed by atoms with E-state index in [2.05, 4.69) is 37.2 Å². The second kappa shape index (κ2) is 7.98. The number of carboxylic acid groups (broad SMARTS) is 1. The summed E-state index contributed by atoms with van der Waals surface area (Å²) in [6.45, 7) is 0.466. The first kappa shape index (κ1) is 16.6. The van der Waals surface area contributed by atoms with Gasteiger partial charge >= 0.3 is 5.97 Å². The smallest absolute Gasteiger partial charge is 0.326 e. The van der Waals surface area contributed by atoms with Gasteiger partial charge in [0.2, 0.25) is 0 Å². The standard InChI is InChI=1S/C11H13Br2NO4S/c1-18-4-2-3-7(11(16)17)14-10(15)6-5-8(12)19-9(6)13/h5,7H,2-4H2,1H3,(H,14,15)(H,16,17). The molecule has 0 fully saturated rings. The lowest BCUT2D eigenvalue weighted by molar-refractivity contribution is -0.139. The lowest BCUT2D eigenvalue weighted by atomic mass is 10.1. The number of ether oxygens (including phenoxy) is 1. The number of rotatable bonds is 7. The van der Waals surface area contributed by atoms with Crippen LogP contribution in [0.3, 0.4) is 0 Å². The third kappa shape index (κ3) is 5.21. The largest absolute Gasteiger partial charge is 0.480 e. The fourth-order valence-corrected chi connectivity index (χ4v) is 4.21. The number of carbonyl (C=O) groups excluding carboxylic acids is 1. The first-order valence-corrected chi connectivity index (χ1v) is 7.83.